The fourth-order valence-electron chi connectivity index (χ4n) is 3.80. The molecule has 2 aliphatic rings. The Hall–Kier alpha value is -2.27. The molecule has 1 atom stereocenters. The Labute approximate surface area is 148 Å². The predicted octanol–water partition coefficient (Wildman–Crippen LogP) is 3.17. The summed E-state index contributed by atoms with van der Waals surface area (Å²) in [7, 11) is 0. The van der Waals surface area contributed by atoms with E-state index in [1.807, 2.05) is 41.3 Å². The Morgan fingerprint density at radius 3 is 2.88 bits per heavy atom. The lowest BCUT2D eigenvalue weighted by Crippen LogP contribution is -2.56. The maximum Gasteiger partial charge on any atom is 0.290 e. The largest absolute Gasteiger partial charge is 0.489 e. The molecule has 0 radical (unpaired) electrons. The monoisotopic (exact) mass is 340 g/mol. The molecular weight excluding hydrogens is 316 g/mol. The van der Waals surface area contributed by atoms with Crippen LogP contribution in [0, 0.1) is 0 Å². The number of nitrogens with zero attached hydrogens (tertiary/aromatic N) is 2. The number of piperidine rings is 1. The van der Waals surface area contributed by atoms with Gasteiger partial charge in [-0.3, -0.25) is 9.69 Å². The van der Waals surface area contributed by atoms with Gasteiger partial charge in [0, 0.05) is 31.2 Å². The lowest BCUT2D eigenvalue weighted by molar-refractivity contribution is 0.0348. The highest BCUT2D eigenvalue weighted by Gasteiger charge is 2.33. The molecule has 25 heavy (non-hydrogen) atoms. The third-order valence-electron chi connectivity index (χ3n) is 5.20. The minimum atomic E-state index is -0.0121. The maximum absolute atomic E-state index is 12.9. The first-order valence-electron chi connectivity index (χ1n) is 9.09. The molecule has 2 aliphatic heterocycles. The number of para-hydroxylation sites is 1. The van der Waals surface area contributed by atoms with Gasteiger partial charge in [-0.15, -0.1) is 0 Å². The van der Waals surface area contributed by atoms with E-state index in [0.29, 0.717) is 18.4 Å². The van der Waals surface area contributed by atoms with E-state index < -0.39 is 0 Å². The van der Waals surface area contributed by atoms with Crippen LogP contribution in [0.3, 0.4) is 0 Å². The highest BCUT2D eigenvalue weighted by molar-refractivity contribution is 5.93. The van der Waals surface area contributed by atoms with E-state index in [4.69, 9.17) is 9.15 Å². The lowest BCUT2D eigenvalue weighted by atomic mass is 9.99. The van der Waals surface area contributed by atoms with Crippen LogP contribution < -0.4 is 4.74 Å². The Kier molecular flexibility index (Phi) is 4.74. The summed E-state index contributed by atoms with van der Waals surface area (Å²) in [6, 6.07) is 12.0. The van der Waals surface area contributed by atoms with Crippen molar-refractivity contribution in [3.05, 3.63) is 54.0 Å². The first-order valence-corrected chi connectivity index (χ1v) is 9.09. The number of hydrogen-bond acceptors (Lipinski definition) is 4. The lowest BCUT2D eigenvalue weighted by Gasteiger charge is -2.43. The summed E-state index contributed by atoms with van der Waals surface area (Å²) >= 11 is 0. The van der Waals surface area contributed by atoms with Gasteiger partial charge in [0.1, 0.15) is 12.4 Å². The molecule has 132 valence electrons. The molecule has 0 spiro atoms. The number of carbonyl (C=O) groups is 1. The normalized spacial score (nSPS) is 21.0. The van der Waals surface area contributed by atoms with Crippen LogP contribution >= 0.6 is 0 Å². The van der Waals surface area contributed by atoms with Crippen molar-refractivity contribution in [2.75, 3.05) is 26.2 Å². The number of furan rings is 1. The zero-order valence-corrected chi connectivity index (χ0v) is 14.4. The summed E-state index contributed by atoms with van der Waals surface area (Å²) in [5, 5.41) is 0. The average Bonchev–Trinajstić information content (AvgIpc) is 3.15. The van der Waals surface area contributed by atoms with Crippen LogP contribution in [-0.4, -0.2) is 47.9 Å². The summed E-state index contributed by atoms with van der Waals surface area (Å²) in [6.45, 7) is 4.05. The standard InChI is InChI=1S/C20H24N2O3/c23-20(22-12-11-21-10-5-4-6-17(21)14-22)19-16(9-13-24-19)15-25-18-7-2-1-3-8-18/h1-3,7-9,13,17H,4-6,10-12,14-15H2/t17-/m0/s1. The Bertz CT molecular complexity index is 713. The van der Waals surface area contributed by atoms with Crippen molar-refractivity contribution in [3.8, 4) is 5.75 Å². The van der Waals surface area contributed by atoms with E-state index in [1.54, 1.807) is 6.26 Å². The third-order valence-corrected chi connectivity index (χ3v) is 5.20. The zero-order valence-electron chi connectivity index (χ0n) is 14.4. The van der Waals surface area contributed by atoms with Crippen molar-refractivity contribution in [1.29, 1.82) is 0 Å². The minimum Gasteiger partial charge on any atom is -0.489 e. The number of carbonyl (C=O) groups excluding carboxylic acids is 1. The van der Waals surface area contributed by atoms with Gasteiger partial charge >= 0.3 is 0 Å². The van der Waals surface area contributed by atoms with E-state index in [9.17, 15) is 4.79 Å². The van der Waals surface area contributed by atoms with Crippen molar-refractivity contribution >= 4 is 5.91 Å². The van der Waals surface area contributed by atoms with Crippen LogP contribution in [0.5, 0.6) is 5.75 Å². The van der Waals surface area contributed by atoms with E-state index in [-0.39, 0.29) is 5.91 Å². The van der Waals surface area contributed by atoms with Gasteiger partial charge in [-0.2, -0.15) is 0 Å². The first-order chi connectivity index (χ1) is 12.3. The van der Waals surface area contributed by atoms with Crippen LogP contribution in [0.15, 0.2) is 47.1 Å². The fraction of sp³-hybridized carbons (Fsp3) is 0.450. The van der Waals surface area contributed by atoms with E-state index in [1.165, 1.54) is 25.8 Å². The number of amides is 1. The molecule has 1 aromatic heterocycles. The van der Waals surface area contributed by atoms with Gasteiger partial charge in [0.15, 0.2) is 5.76 Å². The van der Waals surface area contributed by atoms with Gasteiger partial charge in [0.05, 0.1) is 6.26 Å². The molecule has 5 heteroatoms. The van der Waals surface area contributed by atoms with Crippen molar-refractivity contribution in [3.63, 3.8) is 0 Å². The van der Waals surface area contributed by atoms with Crippen LogP contribution in [0.1, 0.15) is 35.4 Å². The summed E-state index contributed by atoms with van der Waals surface area (Å²) in [5.74, 6) is 1.19. The average molecular weight is 340 g/mol. The molecule has 2 fully saturated rings. The predicted molar refractivity (Wildman–Crippen MR) is 94.6 cm³/mol. The van der Waals surface area contributed by atoms with Crippen LogP contribution in [-0.2, 0) is 6.61 Å². The Morgan fingerprint density at radius 1 is 1.12 bits per heavy atom. The summed E-state index contributed by atoms with van der Waals surface area (Å²) in [5.41, 5.74) is 0.805. The van der Waals surface area contributed by atoms with Crippen LogP contribution in [0.25, 0.3) is 0 Å². The van der Waals surface area contributed by atoms with Gasteiger partial charge in [-0.05, 0) is 37.6 Å². The molecule has 1 aromatic carbocycles. The molecule has 2 aromatic rings. The molecule has 4 rings (SSSR count). The summed E-state index contributed by atoms with van der Waals surface area (Å²) in [6.07, 6.45) is 5.31. The summed E-state index contributed by atoms with van der Waals surface area (Å²) in [4.78, 5) is 17.4. The van der Waals surface area contributed by atoms with Crippen molar-refractivity contribution in [2.45, 2.75) is 31.9 Å². The van der Waals surface area contributed by atoms with E-state index in [2.05, 4.69) is 4.90 Å². The summed E-state index contributed by atoms with van der Waals surface area (Å²) < 4.78 is 11.3. The second-order valence-corrected chi connectivity index (χ2v) is 6.81. The number of piperazine rings is 1. The van der Waals surface area contributed by atoms with Gasteiger partial charge in [0.2, 0.25) is 0 Å². The molecule has 3 heterocycles. The van der Waals surface area contributed by atoms with Gasteiger partial charge in [-0.1, -0.05) is 24.6 Å². The topological polar surface area (TPSA) is 45.9 Å². The Balaban J connectivity index is 1.41. The van der Waals surface area contributed by atoms with Gasteiger partial charge in [0.25, 0.3) is 5.91 Å². The molecule has 0 saturated carbocycles. The number of benzene rings is 1. The number of hydrogen-bond donors (Lipinski definition) is 0. The molecule has 0 N–H and O–H groups in total. The highest BCUT2D eigenvalue weighted by atomic mass is 16.5. The third kappa shape index (κ3) is 3.56. The molecule has 0 bridgehead atoms. The Morgan fingerprint density at radius 2 is 2.00 bits per heavy atom. The molecule has 2 saturated heterocycles. The quantitative estimate of drug-likeness (QED) is 0.858. The van der Waals surface area contributed by atoms with Crippen LogP contribution in [0.4, 0.5) is 0 Å². The molecule has 0 aliphatic carbocycles. The number of ether oxygens (including phenoxy) is 1. The fourth-order valence-corrected chi connectivity index (χ4v) is 3.80. The SMILES string of the molecule is O=C(c1occc1COc1ccccc1)N1CCN2CCCC[C@H]2C1. The maximum atomic E-state index is 12.9. The van der Waals surface area contributed by atoms with E-state index >= 15 is 0 Å². The van der Waals surface area contributed by atoms with Crippen molar-refractivity contribution < 1.29 is 13.9 Å². The van der Waals surface area contributed by atoms with Crippen LogP contribution in [0.2, 0.25) is 0 Å². The molecule has 0 unspecified atom stereocenters. The first kappa shape index (κ1) is 16.2. The smallest absolute Gasteiger partial charge is 0.290 e. The molecular formula is C20H24N2O3. The second kappa shape index (κ2) is 7.31. The van der Waals surface area contributed by atoms with Crippen molar-refractivity contribution in [1.82, 2.24) is 9.80 Å². The number of rotatable bonds is 4. The van der Waals surface area contributed by atoms with Gasteiger partial charge in [-0.25, -0.2) is 0 Å². The van der Waals surface area contributed by atoms with E-state index in [0.717, 1.165) is 30.9 Å². The second-order valence-electron chi connectivity index (χ2n) is 6.81. The van der Waals surface area contributed by atoms with Gasteiger partial charge < -0.3 is 14.1 Å². The highest BCUT2D eigenvalue weighted by Crippen LogP contribution is 2.23. The zero-order chi connectivity index (χ0) is 17.1. The number of fused-ring (bicyclic) bond motifs is 1. The molecule has 1 amide bonds. The molecule has 5 nitrogen and oxygen atoms in total. The van der Waals surface area contributed by atoms with Crippen molar-refractivity contribution in [2.24, 2.45) is 0 Å². The minimum absolute atomic E-state index is 0.0121.